The van der Waals surface area contributed by atoms with E-state index < -0.39 is 5.97 Å². The van der Waals surface area contributed by atoms with Crippen molar-refractivity contribution in [1.82, 2.24) is 0 Å². The smallest absolute Gasteiger partial charge is 0.344 e. The second-order valence-corrected chi connectivity index (χ2v) is 7.48. The van der Waals surface area contributed by atoms with E-state index in [9.17, 15) is 9.59 Å². The summed E-state index contributed by atoms with van der Waals surface area (Å²) in [6.07, 6.45) is 3.95. The fraction of sp³-hybridized carbons (Fsp3) is 0.231. The van der Waals surface area contributed by atoms with Crippen molar-refractivity contribution in [2.45, 2.75) is 39.5 Å². The fourth-order valence-electron chi connectivity index (χ4n) is 4.00. The average Bonchev–Trinajstić information content (AvgIpc) is 2.73. The molecule has 0 saturated heterocycles. The van der Waals surface area contributed by atoms with E-state index in [1.807, 2.05) is 48.5 Å². The number of carbonyl (C=O) groups excluding carboxylic acids is 1. The first-order valence-corrected chi connectivity index (χ1v) is 10.3. The van der Waals surface area contributed by atoms with Gasteiger partial charge in [0.05, 0.1) is 5.56 Å². The zero-order valence-corrected chi connectivity index (χ0v) is 17.2. The van der Waals surface area contributed by atoms with Crippen molar-refractivity contribution in [3.8, 4) is 16.9 Å². The third-order valence-electron chi connectivity index (χ3n) is 5.34. The Balaban J connectivity index is 1.98. The van der Waals surface area contributed by atoms with Crippen LogP contribution in [0.5, 0.6) is 5.75 Å². The third-order valence-corrected chi connectivity index (χ3v) is 5.34. The van der Waals surface area contributed by atoms with Crippen molar-refractivity contribution in [1.29, 1.82) is 0 Å². The Bertz CT molecular complexity index is 1280. The summed E-state index contributed by atoms with van der Waals surface area (Å²) in [4.78, 5) is 24.5. The van der Waals surface area contributed by atoms with Crippen molar-refractivity contribution in [2.24, 2.45) is 0 Å². The molecule has 4 aromatic rings. The van der Waals surface area contributed by atoms with E-state index >= 15 is 0 Å². The number of fused-ring (bicyclic) bond motifs is 2. The summed E-state index contributed by atoms with van der Waals surface area (Å²) in [6.45, 7) is 3.51. The van der Waals surface area contributed by atoms with Gasteiger partial charge in [0.1, 0.15) is 11.3 Å². The van der Waals surface area contributed by atoms with E-state index in [0.29, 0.717) is 16.9 Å². The molecule has 0 bridgehead atoms. The molecule has 0 aliphatic heterocycles. The van der Waals surface area contributed by atoms with Crippen molar-refractivity contribution >= 4 is 27.7 Å². The van der Waals surface area contributed by atoms with Crippen LogP contribution in [-0.2, 0) is 11.2 Å². The van der Waals surface area contributed by atoms with Gasteiger partial charge in [-0.3, -0.25) is 4.79 Å². The number of hydrogen-bond acceptors (Lipinski definition) is 4. The zero-order valence-electron chi connectivity index (χ0n) is 17.2. The van der Waals surface area contributed by atoms with E-state index in [0.717, 1.165) is 53.0 Å². The van der Waals surface area contributed by atoms with Gasteiger partial charge in [-0.2, -0.15) is 0 Å². The number of unbranched alkanes of at least 4 members (excludes halogenated alkanes) is 2. The summed E-state index contributed by atoms with van der Waals surface area (Å²) in [7, 11) is 0. The second-order valence-electron chi connectivity index (χ2n) is 7.48. The SMILES string of the molecule is CCCCCc1c(-c2cccc3ccccc23)c(=O)oc2cc(OC(C)=O)ccc12. The molecular formula is C26H24O4. The van der Waals surface area contributed by atoms with Crippen LogP contribution in [0, 0.1) is 0 Å². The number of carbonyl (C=O) groups is 1. The van der Waals surface area contributed by atoms with Crippen LogP contribution in [-0.4, -0.2) is 5.97 Å². The summed E-state index contributed by atoms with van der Waals surface area (Å²) in [6, 6.07) is 19.3. The molecule has 4 heteroatoms. The third kappa shape index (κ3) is 3.86. The molecule has 0 fully saturated rings. The number of ether oxygens (including phenoxy) is 1. The first-order chi connectivity index (χ1) is 14.6. The fourth-order valence-corrected chi connectivity index (χ4v) is 4.00. The van der Waals surface area contributed by atoms with Crippen molar-refractivity contribution in [2.75, 3.05) is 0 Å². The van der Waals surface area contributed by atoms with Gasteiger partial charge < -0.3 is 9.15 Å². The van der Waals surface area contributed by atoms with Crippen molar-refractivity contribution < 1.29 is 13.9 Å². The molecule has 0 atom stereocenters. The van der Waals surface area contributed by atoms with Crippen LogP contribution in [0.25, 0.3) is 32.9 Å². The number of benzene rings is 3. The lowest BCUT2D eigenvalue weighted by Crippen LogP contribution is -2.09. The summed E-state index contributed by atoms with van der Waals surface area (Å²) >= 11 is 0. The molecule has 0 N–H and O–H groups in total. The molecule has 0 aliphatic carbocycles. The highest BCUT2D eigenvalue weighted by Gasteiger charge is 2.18. The van der Waals surface area contributed by atoms with Gasteiger partial charge in [0.15, 0.2) is 0 Å². The summed E-state index contributed by atoms with van der Waals surface area (Å²) in [5.74, 6) is -0.0391. The number of rotatable bonds is 6. The lowest BCUT2D eigenvalue weighted by atomic mass is 9.91. The van der Waals surface area contributed by atoms with Crippen LogP contribution < -0.4 is 10.4 Å². The summed E-state index contributed by atoms with van der Waals surface area (Å²) < 4.78 is 10.9. The minimum absolute atomic E-state index is 0.370. The van der Waals surface area contributed by atoms with Crippen molar-refractivity contribution in [3.63, 3.8) is 0 Å². The van der Waals surface area contributed by atoms with E-state index in [2.05, 4.69) is 6.92 Å². The van der Waals surface area contributed by atoms with Gasteiger partial charge in [0.25, 0.3) is 0 Å². The standard InChI is InChI=1S/C26H24O4/c1-3-4-5-12-23-21-15-14-19(29-17(2)27)16-24(21)30-26(28)25(23)22-13-8-10-18-9-6-7-11-20(18)22/h6-11,13-16H,3-5,12H2,1-2H3. The van der Waals surface area contributed by atoms with Crippen molar-refractivity contribution in [3.05, 3.63) is 76.6 Å². The van der Waals surface area contributed by atoms with Gasteiger partial charge in [0.2, 0.25) is 0 Å². The second kappa shape index (κ2) is 8.54. The van der Waals surface area contributed by atoms with E-state index in [1.165, 1.54) is 6.92 Å². The molecule has 4 nitrogen and oxygen atoms in total. The molecule has 1 aromatic heterocycles. The van der Waals surface area contributed by atoms with Crippen LogP contribution in [0.4, 0.5) is 0 Å². The Morgan fingerprint density at radius 1 is 0.967 bits per heavy atom. The summed E-state index contributed by atoms with van der Waals surface area (Å²) in [5, 5.41) is 2.99. The van der Waals surface area contributed by atoms with Gasteiger partial charge in [0, 0.05) is 18.4 Å². The van der Waals surface area contributed by atoms with Crippen LogP contribution in [0.3, 0.4) is 0 Å². The first kappa shape index (κ1) is 19.9. The quantitative estimate of drug-likeness (QED) is 0.166. The van der Waals surface area contributed by atoms with Gasteiger partial charge in [-0.15, -0.1) is 0 Å². The molecule has 0 aliphatic rings. The van der Waals surface area contributed by atoms with Gasteiger partial charge >= 0.3 is 11.6 Å². The minimum atomic E-state index is -0.410. The Morgan fingerprint density at radius 2 is 1.77 bits per heavy atom. The maximum absolute atomic E-state index is 13.2. The molecule has 1 heterocycles. The number of hydrogen-bond donors (Lipinski definition) is 0. The van der Waals surface area contributed by atoms with Gasteiger partial charge in [-0.05, 0) is 46.9 Å². The maximum atomic E-state index is 13.2. The first-order valence-electron chi connectivity index (χ1n) is 10.3. The largest absolute Gasteiger partial charge is 0.427 e. The molecule has 4 rings (SSSR count). The van der Waals surface area contributed by atoms with E-state index in [-0.39, 0.29) is 5.63 Å². The molecule has 3 aromatic carbocycles. The topological polar surface area (TPSA) is 56.5 Å². The predicted octanol–water partition coefficient (Wildman–Crippen LogP) is 6.27. The molecule has 0 unspecified atom stereocenters. The highest BCUT2D eigenvalue weighted by Crippen LogP contribution is 2.34. The minimum Gasteiger partial charge on any atom is -0.427 e. The number of aryl methyl sites for hydroxylation is 1. The maximum Gasteiger partial charge on any atom is 0.344 e. The monoisotopic (exact) mass is 400 g/mol. The number of esters is 1. The van der Waals surface area contributed by atoms with Crippen LogP contribution in [0.15, 0.2) is 69.9 Å². The molecular weight excluding hydrogens is 376 g/mol. The molecule has 0 radical (unpaired) electrons. The van der Waals surface area contributed by atoms with Gasteiger partial charge in [-0.25, -0.2) is 4.79 Å². The Labute approximate surface area is 175 Å². The Hall–Kier alpha value is -3.40. The van der Waals surface area contributed by atoms with E-state index in [1.54, 1.807) is 12.1 Å². The zero-order chi connectivity index (χ0) is 21.1. The molecule has 0 amide bonds. The Morgan fingerprint density at radius 3 is 2.57 bits per heavy atom. The summed E-state index contributed by atoms with van der Waals surface area (Å²) in [5.41, 5.74) is 2.56. The molecule has 0 spiro atoms. The lowest BCUT2D eigenvalue weighted by molar-refractivity contribution is -0.131. The Kier molecular flexibility index (Phi) is 5.66. The molecule has 0 saturated carbocycles. The van der Waals surface area contributed by atoms with Crippen LogP contribution >= 0.6 is 0 Å². The highest BCUT2D eigenvalue weighted by molar-refractivity contribution is 5.99. The molecule has 152 valence electrons. The highest BCUT2D eigenvalue weighted by atomic mass is 16.5. The van der Waals surface area contributed by atoms with Gasteiger partial charge in [-0.1, -0.05) is 62.2 Å². The predicted molar refractivity (Wildman–Crippen MR) is 120 cm³/mol. The van der Waals surface area contributed by atoms with Crippen LogP contribution in [0.2, 0.25) is 0 Å². The lowest BCUT2D eigenvalue weighted by Gasteiger charge is -2.14. The van der Waals surface area contributed by atoms with Crippen LogP contribution in [0.1, 0.15) is 38.7 Å². The molecule has 30 heavy (non-hydrogen) atoms. The normalized spacial score (nSPS) is 11.1. The average molecular weight is 400 g/mol. The van der Waals surface area contributed by atoms with E-state index in [4.69, 9.17) is 9.15 Å².